The molecule has 7 nitrogen and oxygen atoms in total. The number of aliphatic hydroxyl groups is 1. The number of ether oxygens (including phenoxy) is 1. The van der Waals surface area contributed by atoms with Crippen LogP contribution in [0.2, 0.25) is 5.02 Å². The van der Waals surface area contributed by atoms with Gasteiger partial charge in [0, 0.05) is 30.3 Å². The highest BCUT2D eigenvalue weighted by molar-refractivity contribution is 6.32. The maximum Gasteiger partial charge on any atom is 0.188 e. The molecule has 0 amide bonds. The summed E-state index contributed by atoms with van der Waals surface area (Å²) >= 11 is 6.21. The van der Waals surface area contributed by atoms with Crippen LogP contribution in [0.15, 0.2) is 36.4 Å². The van der Waals surface area contributed by atoms with Crippen molar-refractivity contribution < 1.29 is 14.2 Å². The molecule has 2 N–H and O–H groups in total. The van der Waals surface area contributed by atoms with Gasteiger partial charge in [-0.3, -0.25) is 0 Å². The number of benzene rings is 2. The van der Waals surface area contributed by atoms with Crippen molar-refractivity contribution in [3.05, 3.63) is 58.4 Å². The van der Waals surface area contributed by atoms with E-state index in [4.69, 9.17) is 22.9 Å². The van der Waals surface area contributed by atoms with E-state index in [2.05, 4.69) is 20.4 Å². The molecule has 1 fully saturated rings. The molecule has 9 heteroatoms. The van der Waals surface area contributed by atoms with Gasteiger partial charge in [0.1, 0.15) is 5.75 Å². The predicted molar refractivity (Wildman–Crippen MR) is 119 cm³/mol. The zero-order valence-electron chi connectivity index (χ0n) is 16.9. The van der Waals surface area contributed by atoms with Gasteiger partial charge in [0.2, 0.25) is 0 Å². The van der Waals surface area contributed by atoms with Crippen LogP contribution in [0.3, 0.4) is 0 Å². The normalized spacial score (nSPS) is 18.2. The zero-order valence-corrected chi connectivity index (χ0v) is 17.7. The number of hydrogen-bond acceptors (Lipinski definition) is 6. The summed E-state index contributed by atoms with van der Waals surface area (Å²) in [6.07, 6.45) is 0.227. The number of hydrogen-bond donors (Lipinski definition) is 2. The lowest BCUT2D eigenvalue weighted by molar-refractivity contribution is 0.0909. The average molecular weight is 442 g/mol. The van der Waals surface area contributed by atoms with Crippen LogP contribution < -0.4 is 15.0 Å². The van der Waals surface area contributed by atoms with E-state index >= 15 is 0 Å². The van der Waals surface area contributed by atoms with Gasteiger partial charge in [-0.05, 0) is 23.8 Å². The lowest BCUT2D eigenvalue weighted by Crippen LogP contribution is -2.32. The van der Waals surface area contributed by atoms with Crippen molar-refractivity contribution in [2.45, 2.75) is 18.6 Å². The first-order valence-corrected chi connectivity index (χ1v) is 10.1. The van der Waals surface area contributed by atoms with E-state index in [9.17, 15) is 9.50 Å². The van der Waals surface area contributed by atoms with Gasteiger partial charge in [0.05, 0.1) is 31.9 Å². The molecule has 2 aromatic carbocycles. The Bertz CT molecular complexity index is 1170. The monoisotopic (exact) mass is 441 g/mol. The van der Waals surface area contributed by atoms with Crippen molar-refractivity contribution in [3.8, 4) is 5.75 Å². The number of aromatic nitrogens is 2. The molecule has 0 aliphatic carbocycles. The minimum Gasteiger partial charge on any atom is -0.495 e. The maximum absolute atomic E-state index is 14.6. The summed E-state index contributed by atoms with van der Waals surface area (Å²) in [7, 11) is 1.56. The third-order valence-corrected chi connectivity index (χ3v) is 5.73. The van der Waals surface area contributed by atoms with E-state index in [1.165, 1.54) is 0 Å². The first-order valence-electron chi connectivity index (χ1n) is 9.75. The molecule has 0 saturated carbocycles. The van der Waals surface area contributed by atoms with Gasteiger partial charge in [-0.25, -0.2) is 9.24 Å². The second kappa shape index (κ2) is 8.53. The van der Waals surface area contributed by atoms with Crippen molar-refractivity contribution in [1.29, 1.82) is 0 Å². The van der Waals surface area contributed by atoms with Crippen molar-refractivity contribution in [2.24, 2.45) is 0 Å². The molecule has 1 saturated heterocycles. The first kappa shape index (κ1) is 21.1. The third-order valence-electron chi connectivity index (χ3n) is 5.44. The smallest absolute Gasteiger partial charge is 0.188 e. The highest BCUT2D eigenvalue weighted by Crippen LogP contribution is 2.36. The van der Waals surface area contributed by atoms with E-state index in [0.29, 0.717) is 41.2 Å². The zero-order chi connectivity index (χ0) is 22.0. The maximum atomic E-state index is 14.6. The molecule has 0 bridgehead atoms. The number of anilines is 2. The van der Waals surface area contributed by atoms with Crippen molar-refractivity contribution in [1.82, 2.24) is 10.2 Å². The Morgan fingerprint density at radius 1 is 1.29 bits per heavy atom. The molecule has 1 aliphatic rings. The molecule has 3 aromatic rings. The number of fused-ring (bicyclic) bond motifs is 1. The number of aliphatic hydroxyl groups excluding tert-OH is 1. The third kappa shape index (κ3) is 4.20. The number of alkyl halides is 1. The largest absolute Gasteiger partial charge is 0.495 e. The fraction of sp³-hybridized carbons (Fsp3) is 0.318. The van der Waals surface area contributed by atoms with Gasteiger partial charge in [-0.1, -0.05) is 29.8 Å². The molecular weight excluding hydrogens is 421 g/mol. The highest BCUT2D eigenvalue weighted by Gasteiger charge is 2.39. The summed E-state index contributed by atoms with van der Waals surface area (Å²) in [5.74, 6) is 1.65. The second-order valence-corrected chi connectivity index (χ2v) is 7.92. The summed E-state index contributed by atoms with van der Waals surface area (Å²) < 4.78 is 19.7. The molecule has 2 heterocycles. The summed E-state index contributed by atoms with van der Waals surface area (Å²) in [6.45, 7) is 7.74. The summed E-state index contributed by atoms with van der Waals surface area (Å²) in [5, 5.41) is 23.3. The van der Waals surface area contributed by atoms with E-state index in [-0.39, 0.29) is 13.0 Å². The van der Waals surface area contributed by atoms with Crippen molar-refractivity contribution in [2.75, 3.05) is 37.0 Å². The van der Waals surface area contributed by atoms with E-state index < -0.39 is 12.3 Å². The van der Waals surface area contributed by atoms with E-state index in [0.717, 1.165) is 16.3 Å². The standard InChI is InChI=1S/C22H21ClFN5O2/c1-25-15-4-5-16-17(10-15)20(26-11-14-3-6-19(31-2)18(23)9-14)27-28-21(16)29-8-7-22(24,12-29)13-30/h3-6,9-10,30H,7-8,11-13H2,2H3,(H,26,27). The second-order valence-electron chi connectivity index (χ2n) is 7.52. The van der Waals surface area contributed by atoms with Crippen LogP contribution in [0.4, 0.5) is 21.7 Å². The molecule has 31 heavy (non-hydrogen) atoms. The number of halogens is 2. The number of methoxy groups -OCH3 is 1. The SMILES string of the molecule is [C-]#[N+]c1ccc2c(N3CCC(F)(CO)C3)nnc(NCc3ccc(OC)c(Cl)c3)c2c1. The van der Waals surface area contributed by atoms with Crippen molar-refractivity contribution in [3.63, 3.8) is 0 Å². The van der Waals surface area contributed by atoms with E-state index in [1.807, 2.05) is 12.1 Å². The van der Waals surface area contributed by atoms with Gasteiger partial charge < -0.3 is 20.1 Å². The molecule has 160 valence electrons. The molecule has 1 aliphatic heterocycles. The Morgan fingerprint density at radius 3 is 2.81 bits per heavy atom. The Balaban J connectivity index is 1.66. The minimum atomic E-state index is -1.64. The lowest BCUT2D eigenvalue weighted by Gasteiger charge is -2.21. The Kier molecular flexibility index (Phi) is 5.81. The van der Waals surface area contributed by atoms with Crippen LogP contribution >= 0.6 is 11.6 Å². The number of nitrogens with zero attached hydrogens (tertiary/aromatic N) is 4. The van der Waals surface area contributed by atoms with E-state index in [1.54, 1.807) is 36.3 Å². The Morgan fingerprint density at radius 2 is 2.13 bits per heavy atom. The molecule has 1 atom stereocenters. The summed E-state index contributed by atoms with van der Waals surface area (Å²) in [5.41, 5.74) is -0.246. The highest BCUT2D eigenvalue weighted by atomic mass is 35.5. The van der Waals surface area contributed by atoms with Gasteiger partial charge in [-0.2, -0.15) is 0 Å². The minimum absolute atomic E-state index is 0.0506. The van der Waals surface area contributed by atoms with Crippen LogP contribution in [0, 0.1) is 6.57 Å². The van der Waals surface area contributed by atoms with Crippen molar-refractivity contribution >= 4 is 39.7 Å². The fourth-order valence-corrected chi connectivity index (χ4v) is 3.99. The summed E-state index contributed by atoms with van der Waals surface area (Å²) in [4.78, 5) is 5.30. The predicted octanol–water partition coefficient (Wildman–Crippen LogP) is 4.37. The van der Waals surface area contributed by atoms with Crippen LogP contribution in [-0.2, 0) is 6.54 Å². The lowest BCUT2D eigenvalue weighted by atomic mass is 10.1. The summed E-state index contributed by atoms with van der Waals surface area (Å²) in [6, 6.07) is 10.8. The Hall–Kier alpha value is -3.15. The molecule has 1 aromatic heterocycles. The van der Waals surface area contributed by atoms with Crippen LogP contribution in [0.5, 0.6) is 5.75 Å². The van der Waals surface area contributed by atoms with Gasteiger partial charge in [-0.15, -0.1) is 10.2 Å². The number of rotatable bonds is 6. The van der Waals surface area contributed by atoms with Crippen LogP contribution in [0.25, 0.3) is 15.6 Å². The molecule has 4 rings (SSSR count). The molecule has 0 radical (unpaired) electrons. The van der Waals surface area contributed by atoms with Gasteiger partial charge >= 0.3 is 0 Å². The Labute approximate surface area is 184 Å². The topological polar surface area (TPSA) is 74.9 Å². The molecule has 0 spiro atoms. The van der Waals surface area contributed by atoms with Crippen LogP contribution in [-0.4, -0.2) is 47.8 Å². The fourth-order valence-electron chi connectivity index (χ4n) is 3.71. The van der Waals surface area contributed by atoms with Gasteiger partial charge in [0.15, 0.2) is 23.0 Å². The van der Waals surface area contributed by atoms with Gasteiger partial charge in [0.25, 0.3) is 0 Å². The number of nitrogens with one attached hydrogen (secondary N) is 1. The quantitative estimate of drug-likeness (QED) is 0.553. The van der Waals surface area contributed by atoms with Crippen LogP contribution in [0.1, 0.15) is 12.0 Å². The molecular formula is C22H21ClFN5O2. The average Bonchev–Trinajstić information content (AvgIpc) is 3.19. The molecule has 1 unspecified atom stereocenters. The first-order chi connectivity index (χ1) is 15.0.